The number of rotatable bonds is 6. The van der Waals surface area contributed by atoms with E-state index in [2.05, 4.69) is 42.1 Å². The van der Waals surface area contributed by atoms with Crippen LogP contribution in [0, 0.1) is 5.92 Å². The van der Waals surface area contributed by atoms with Crippen molar-refractivity contribution < 1.29 is 0 Å². The predicted molar refractivity (Wildman–Crippen MR) is 71.2 cm³/mol. The van der Waals surface area contributed by atoms with Crippen LogP contribution in [0.25, 0.3) is 0 Å². The van der Waals surface area contributed by atoms with Gasteiger partial charge in [0.05, 0.1) is 0 Å². The molecule has 1 aromatic heterocycles. The van der Waals surface area contributed by atoms with E-state index in [1.54, 1.807) is 6.33 Å². The van der Waals surface area contributed by atoms with Crippen LogP contribution in [0.4, 0.5) is 5.82 Å². The highest BCUT2D eigenvalue weighted by molar-refractivity contribution is 5.36. The Morgan fingerprint density at radius 2 is 2.12 bits per heavy atom. The van der Waals surface area contributed by atoms with E-state index in [0.717, 1.165) is 23.9 Å². The summed E-state index contributed by atoms with van der Waals surface area (Å²) in [4.78, 5) is 8.61. The van der Waals surface area contributed by atoms with Crippen LogP contribution in [0.2, 0.25) is 0 Å². The van der Waals surface area contributed by atoms with Gasteiger partial charge in [-0.2, -0.15) is 0 Å². The van der Waals surface area contributed by atoms with Crippen LogP contribution in [0.3, 0.4) is 0 Å². The predicted octanol–water partition coefficient (Wildman–Crippen LogP) is 3.59. The SMILES string of the molecule is CCC(CC1CC1)Nc1cc(C(C)C)ncn1. The quantitative estimate of drug-likeness (QED) is 0.816. The summed E-state index contributed by atoms with van der Waals surface area (Å²) >= 11 is 0. The van der Waals surface area contributed by atoms with Gasteiger partial charge < -0.3 is 5.32 Å². The second kappa shape index (κ2) is 5.48. The maximum atomic E-state index is 4.32. The van der Waals surface area contributed by atoms with E-state index in [0.29, 0.717) is 12.0 Å². The van der Waals surface area contributed by atoms with Gasteiger partial charge in [0.15, 0.2) is 0 Å². The summed E-state index contributed by atoms with van der Waals surface area (Å²) in [6, 6.07) is 2.65. The minimum atomic E-state index is 0.460. The molecule has 2 rings (SSSR count). The lowest BCUT2D eigenvalue weighted by Gasteiger charge is -2.17. The Morgan fingerprint density at radius 1 is 1.35 bits per heavy atom. The third-order valence-corrected chi connectivity index (χ3v) is 3.44. The van der Waals surface area contributed by atoms with Gasteiger partial charge >= 0.3 is 0 Å². The van der Waals surface area contributed by atoms with Crippen molar-refractivity contribution >= 4 is 5.82 Å². The molecule has 1 aliphatic rings. The molecule has 1 aliphatic carbocycles. The van der Waals surface area contributed by atoms with Gasteiger partial charge in [0.2, 0.25) is 0 Å². The first kappa shape index (κ1) is 12.3. The van der Waals surface area contributed by atoms with Crippen LogP contribution in [0.1, 0.15) is 58.1 Å². The lowest BCUT2D eigenvalue weighted by atomic mass is 10.1. The zero-order chi connectivity index (χ0) is 12.3. The molecule has 1 fully saturated rings. The summed E-state index contributed by atoms with van der Waals surface area (Å²) < 4.78 is 0. The Hall–Kier alpha value is -1.12. The molecule has 0 aliphatic heterocycles. The molecule has 1 unspecified atom stereocenters. The minimum absolute atomic E-state index is 0.460. The molecular formula is C14H23N3. The largest absolute Gasteiger partial charge is 0.367 e. The molecule has 3 nitrogen and oxygen atoms in total. The lowest BCUT2D eigenvalue weighted by molar-refractivity contribution is 0.584. The molecule has 1 atom stereocenters. The van der Waals surface area contributed by atoms with Crippen molar-refractivity contribution in [1.29, 1.82) is 0 Å². The van der Waals surface area contributed by atoms with E-state index in [9.17, 15) is 0 Å². The van der Waals surface area contributed by atoms with Gasteiger partial charge in [-0.1, -0.05) is 33.6 Å². The van der Waals surface area contributed by atoms with E-state index < -0.39 is 0 Å². The molecular weight excluding hydrogens is 210 g/mol. The van der Waals surface area contributed by atoms with E-state index >= 15 is 0 Å². The Kier molecular flexibility index (Phi) is 3.97. The first-order valence-electron chi connectivity index (χ1n) is 6.77. The highest BCUT2D eigenvalue weighted by atomic mass is 15.0. The summed E-state index contributed by atoms with van der Waals surface area (Å²) in [5, 5.41) is 3.54. The molecule has 0 spiro atoms. The van der Waals surface area contributed by atoms with E-state index in [4.69, 9.17) is 0 Å². The molecule has 0 radical (unpaired) electrons. The Bertz CT molecular complexity index is 358. The number of anilines is 1. The van der Waals surface area contributed by atoms with Crippen LogP contribution in [-0.4, -0.2) is 16.0 Å². The van der Waals surface area contributed by atoms with Gasteiger partial charge in [0, 0.05) is 17.8 Å². The van der Waals surface area contributed by atoms with Gasteiger partial charge in [-0.25, -0.2) is 9.97 Å². The van der Waals surface area contributed by atoms with Crippen LogP contribution >= 0.6 is 0 Å². The number of nitrogens with zero attached hydrogens (tertiary/aromatic N) is 2. The highest BCUT2D eigenvalue weighted by Gasteiger charge is 2.24. The topological polar surface area (TPSA) is 37.8 Å². The van der Waals surface area contributed by atoms with Crippen LogP contribution in [-0.2, 0) is 0 Å². The molecule has 0 saturated heterocycles. The van der Waals surface area contributed by atoms with E-state index in [1.807, 2.05) is 0 Å². The van der Waals surface area contributed by atoms with Crippen molar-refractivity contribution in [3.63, 3.8) is 0 Å². The smallest absolute Gasteiger partial charge is 0.129 e. The van der Waals surface area contributed by atoms with Gasteiger partial charge in [-0.3, -0.25) is 0 Å². The normalized spacial score (nSPS) is 17.2. The van der Waals surface area contributed by atoms with Crippen LogP contribution < -0.4 is 5.32 Å². The van der Waals surface area contributed by atoms with Crippen molar-refractivity contribution in [3.8, 4) is 0 Å². The maximum Gasteiger partial charge on any atom is 0.129 e. The number of nitrogens with one attached hydrogen (secondary N) is 1. The summed E-state index contributed by atoms with van der Waals surface area (Å²) in [6.45, 7) is 6.56. The number of hydrogen-bond donors (Lipinski definition) is 1. The fourth-order valence-corrected chi connectivity index (χ4v) is 2.06. The second-order valence-electron chi connectivity index (χ2n) is 5.41. The van der Waals surface area contributed by atoms with Crippen LogP contribution in [0.15, 0.2) is 12.4 Å². The second-order valence-corrected chi connectivity index (χ2v) is 5.41. The van der Waals surface area contributed by atoms with Crippen molar-refractivity contribution in [3.05, 3.63) is 18.1 Å². The van der Waals surface area contributed by atoms with Gasteiger partial charge in [-0.15, -0.1) is 0 Å². The molecule has 3 heteroatoms. The summed E-state index contributed by atoms with van der Waals surface area (Å²) in [5.41, 5.74) is 1.11. The zero-order valence-electron chi connectivity index (χ0n) is 11.1. The summed E-state index contributed by atoms with van der Waals surface area (Å²) in [6.07, 6.45) is 6.95. The average molecular weight is 233 g/mol. The number of aromatic nitrogens is 2. The summed E-state index contributed by atoms with van der Waals surface area (Å²) in [5.74, 6) is 2.40. The standard InChI is InChI=1S/C14H23N3/c1-4-12(7-11-5-6-11)17-14-8-13(10(2)3)15-9-16-14/h8-12H,4-7H2,1-3H3,(H,15,16,17). The molecule has 1 aromatic rings. The molecule has 0 bridgehead atoms. The maximum absolute atomic E-state index is 4.32. The van der Waals surface area contributed by atoms with Crippen molar-refractivity contribution in [2.75, 3.05) is 5.32 Å². The molecule has 94 valence electrons. The lowest BCUT2D eigenvalue weighted by Crippen LogP contribution is -2.20. The average Bonchev–Trinajstić information content (AvgIpc) is 3.12. The van der Waals surface area contributed by atoms with Crippen molar-refractivity contribution in [2.45, 2.75) is 58.4 Å². The Labute approximate surface area is 104 Å². The van der Waals surface area contributed by atoms with Crippen molar-refractivity contribution in [2.24, 2.45) is 5.92 Å². The molecule has 17 heavy (non-hydrogen) atoms. The first-order chi connectivity index (χ1) is 8.19. The minimum Gasteiger partial charge on any atom is -0.367 e. The Balaban J connectivity index is 1.97. The number of hydrogen-bond acceptors (Lipinski definition) is 3. The molecule has 0 aromatic carbocycles. The molecule has 0 amide bonds. The van der Waals surface area contributed by atoms with Gasteiger partial charge in [-0.05, 0) is 24.7 Å². The third-order valence-electron chi connectivity index (χ3n) is 3.44. The highest BCUT2D eigenvalue weighted by Crippen LogP contribution is 2.34. The van der Waals surface area contributed by atoms with Gasteiger partial charge in [0.25, 0.3) is 0 Å². The fraction of sp³-hybridized carbons (Fsp3) is 0.714. The van der Waals surface area contributed by atoms with Crippen LogP contribution in [0.5, 0.6) is 0 Å². The molecule has 1 saturated carbocycles. The Morgan fingerprint density at radius 3 is 2.71 bits per heavy atom. The third kappa shape index (κ3) is 3.69. The van der Waals surface area contributed by atoms with E-state index in [-0.39, 0.29) is 0 Å². The van der Waals surface area contributed by atoms with Crippen molar-refractivity contribution in [1.82, 2.24) is 9.97 Å². The molecule has 1 heterocycles. The summed E-state index contributed by atoms with van der Waals surface area (Å²) in [7, 11) is 0. The van der Waals surface area contributed by atoms with E-state index in [1.165, 1.54) is 19.3 Å². The monoisotopic (exact) mass is 233 g/mol. The molecule has 1 N–H and O–H groups in total. The zero-order valence-corrected chi connectivity index (χ0v) is 11.1. The van der Waals surface area contributed by atoms with Gasteiger partial charge in [0.1, 0.15) is 12.1 Å². The fourth-order valence-electron chi connectivity index (χ4n) is 2.06. The first-order valence-corrected chi connectivity index (χ1v) is 6.77.